The molecule has 2 aliphatic heterocycles. The first-order valence-corrected chi connectivity index (χ1v) is 8.72. The number of halogens is 1. The normalized spacial score (nSPS) is 16.9. The van der Waals surface area contributed by atoms with Gasteiger partial charge < -0.3 is 9.64 Å². The van der Waals surface area contributed by atoms with Crippen molar-refractivity contribution in [3.05, 3.63) is 71.8 Å². The number of benzene rings is 2. The van der Waals surface area contributed by atoms with Gasteiger partial charge in [0.05, 0.1) is 18.6 Å². The van der Waals surface area contributed by atoms with Crippen LogP contribution in [0.2, 0.25) is 0 Å². The van der Waals surface area contributed by atoms with Gasteiger partial charge in [0, 0.05) is 35.8 Å². The Bertz CT molecular complexity index is 1010. The van der Waals surface area contributed by atoms with E-state index in [2.05, 4.69) is 9.97 Å². The first-order valence-electron chi connectivity index (χ1n) is 8.72. The molecule has 0 amide bonds. The van der Waals surface area contributed by atoms with Crippen LogP contribution in [-0.2, 0) is 10.2 Å². The first-order chi connectivity index (χ1) is 13.2. The second-order valence-electron chi connectivity index (χ2n) is 7.03. The van der Waals surface area contributed by atoms with Crippen molar-refractivity contribution in [1.82, 2.24) is 9.97 Å². The summed E-state index contributed by atoms with van der Waals surface area (Å²) in [7, 11) is 0. The lowest BCUT2D eigenvalue weighted by molar-refractivity contribution is -0.0507. The third-order valence-electron chi connectivity index (χ3n) is 5.29. The monoisotopic (exact) mass is 361 g/mol. The third kappa shape index (κ3) is 2.52. The molecule has 0 saturated carbocycles. The van der Waals surface area contributed by atoms with Gasteiger partial charge in [-0.25, -0.2) is 14.4 Å². The number of aldehydes is 1. The van der Waals surface area contributed by atoms with Gasteiger partial charge in [0.2, 0.25) is 5.95 Å². The molecule has 0 atom stereocenters. The summed E-state index contributed by atoms with van der Waals surface area (Å²) in [6.07, 6.45) is 4.32. The molecule has 3 heterocycles. The van der Waals surface area contributed by atoms with Crippen LogP contribution in [0.4, 0.5) is 16.0 Å². The maximum absolute atomic E-state index is 13.1. The molecule has 1 fully saturated rings. The van der Waals surface area contributed by atoms with Gasteiger partial charge in [-0.2, -0.15) is 0 Å². The van der Waals surface area contributed by atoms with Gasteiger partial charge in [0.15, 0.2) is 0 Å². The van der Waals surface area contributed by atoms with Gasteiger partial charge in [0.25, 0.3) is 0 Å². The number of carbonyl (C=O) groups excluding carboxylic acids is 1. The van der Waals surface area contributed by atoms with E-state index in [4.69, 9.17) is 4.74 Å². The molecule has 6 heteroatoms. The molecule has 3 aromatic rings. The predicted octanol–water partition coefficient (Wildman–Crippen LogP) is 3.51. The number of aromatic nitrogens is 2. The Labute approximate surface area is 155 Å². The summed E-state index contributed by atoms with van der Waals surface area (Å²) < 4.78 is 18.6. The zero-order valence-corrected chi connectivity index (χ0v) is 14.4. The van der Waals surface area contributed by atoms with E-state index in [-0.39, 0.29) is 11.2 Å². The summed E-state index contributed by atoms with van der Waals surface area (Å²) in [6, 6.07) is 12.0. The fraction of sp³-hybridized carbons (Fsp3) is 0.190. The molecular weight excluding hydrogens is 345 g/mol. The molecule has 0 N–H and O–H groups in total. The van der Waals surface area contributed by atoms with E-state index >= 15 is 0 Å². The molecule has 1 saturated heterocycles. The van der Waals surface area contributed by atoms with Crippen LogP contribution in [0.3, 0.4) is 0 Å². The number of nitrogens with zero attached hydrogens (tertiary/aromatic N) is 3. The van der Waals surface area contributed by atoms with Crippen LogP contribution in [0.5, 0.6) is 0 Å². The van der Waals surface area contributed by atoms with Crippen LogP contribution in [-0.4, -0.2) is 36.0 Å². The smallest absolute Gasteiger partial charge is 0.229 e. The van der Waals surface area contributed by atoms with Crippen LogP contribution in [0.1, 0.15) is 15.9 Å². The Morgan fingerprint density at radius 2 is 1.78 bits per heavy atom. The Hall–Kier alpha value is -3.12. The summed E-state index contributed by atoms with van der Waals surface area (Å²) in [5.74, 6) is 0.304. The molecule has 5 nitrogen and oxygen atoms in total. The van der Waals surface area contributed by atoms with E-state index < -0.39 is 0 Å². The topological polar surface area (TPSA) is 55.3 Å². The van der Waals surface area contributed by atoms with Crippen molar-refractivity contribution in [2.45, 2.75) is 5.41 Å². The zero-order chi connectivity index (χ0) is 18.4. The predicted molar refractivity (Wildman–Crippen MR) is 98.8 cm³/mol. The average Bonchev–Trinajstić information content (AvgIpc) is 3.04. The molecule has 1 aromatic heterocycles. The van der Waals surface area contributed by atoms with Crippen LogP contribution in [0.15, 0.2) is 54.9 Å². The number of ether oxygens (including phenoxy) is 1. The summed E-state index contributed by atoms with van der Waals surface area (Å²) in [5.41, 5.74) is 4.37. The molecule has 134 valence electrons. The number of anilines is 2. The summed E-state index contributed by atoms with van der Waals surface area (Å²) in [5, 5.41) is 0. The minimum atomic E-state index is -0.274. The third-order valence-corrected chi connectivity index (χ3v) is 5.29. The largest absolute Gasteiger partial charge is 0.379 e. The van der Waals surface area contributed by atoms with Crippen LogP contribution < -0.4 is 4.90 Å². The Kier molecular flexibility index (Phi) is 3.55. The number of hydrogen-bond donors (Lipinski definition) is 0. The molecule has 5 rings (SSSR count). The van der Waals surface area contributed by atoms with Gasteiger partial charge in [-0.1, -0.05) is 24.3 Å². The highest BCUT2D eigenvalue weighted by atomic mass is 19.1. The van der Waals surface area contributed by atoms with Crippen molar-refractivity contribution in [2.75, 3.05) is 24.7 Å². The van der Waals surface area contributed by atoms with Crippen molar-refractivity contribution >= 4 is 17.9 Å². The van der Waals surface area contributed by atoms with Gasteiger partial charge in [-0.15, -0.1) is 0 Å². The zero-order valence-electron chi connectivity index (χ0n) is 14.4. The van der Waals surface area contributed by atoms with Crippen molar-refractivity contribution in [3.8, 4) is 11.1 Å². The highest BCUT2D eigenvalue weighted by molar-refractivity contribution is 5.81. The van der Waals surface area contributed by atoms with Crippen LogP contribution in [0, 0.1) is 5.82 Å². The van der Waals surface area contributed by atoms with E-state index in [1.807, 2.05) is 23.1 Å². The molecule has 0 unspecified atom stereocenters. The summed E-state index contributed by atoms with van der Waals surface area (Å²) >= 11 is 0. The average molecular weight is 361 g/mol. The molecule has 1 spiro atoms. The Morgan fingerprint density at radius 1 is 1.04 bits per heavy atom. The Morgan fingerprint density at radius 3 is 2.41 bits per heavy atom. The maximum atomic E-state index is 13.1. The van der Waals surface area contributed by atoms with Crippen LogP contribution in [0.25, 0.3) is 11.1 Å². The van der Waals surface area contributed by atoms with E-state index in [0.29, 0.717) is 24.7 Å². The van der Waals surface area contributed by atoms with Gasteiger partial charge >= 0.3 is 0 Å². The van der Waals surface area contributed by atoms with Gasteiger partial charge in [-0.3, -0.25) is 4.79 Å². The number of hydrogen-bond acceptors (Lipinski definition) is 5. The molecule has 0 aliphatic carbocycles. The van der Waals surface area contributed by atoms with Gasteiger partial charge in [-0.05, 0) is 29.3 Å². The van der Waals surface area contributed by atoms with E-state index in [0.717, 1.165) is 29.6 Å². The quantitative estimate of drug-likeness (QED) is 0.668. The second kappa shape index (κ2) is 5.96. The lowest BCUT2D eigenvalue weighted by atomic mass is 9.80. The van der Waals surface area contributed by atoms with E-state index in [9.17, 15) is 9.18 Å². The lowest BCUT2D eigenvalue weighted by Crippen LogP contribution is -2.49. The summed E-state index contributed by atoms with van der Waals surface area (Å²) in [6.45, 7) is 2.04. The molecule has 0 bridgehead atoms. The summed E-state index contributed by atoms with van der Waals surface area (Å²) in [4.78, 5) is 22.3. The fourth-order valence-corrected chi connectivity index (χ4v) is 3.79. The van der Waals surface area contributed by atoms with Crippen molar-refractivity contribution in [2.24, 2.45) is 0 Å². The van der Waals surface area contributed by atoms with E-state index in [1.165, 1.54) is 17.7 Å². The molecule has 27 heavy (non-hydrogen) atoms. The molecule has 2 aliphatic rings. The number of rotatable bonds is 3. The molecule has 0 radical (unpaired) electrons. The van der Waals surface area contributed by atoms with Gasteiger partial charge in [0.1, 0.15) is 12.1 Å². The number of carbonyl (C=O) groups is 1. The Balaban J connectivity index is 1.52. The molecular formula is C21H16FN3O2. The standard InChI is InChI=1S/C21H16FN3O2/c22-17-4-2-15(3-5-17)16-8-23-20(24-9-16)25-11-21(12-27-13-21)18-6-1-14(10-26)7-19(18)25/h1-10H,11-13H2. The van der Waals surface area contributed by atoms with E-state index in [1.54, 1.807) is 24.5 Å². The highest BCUT2D eigenvalue weighted by Gasteiger charge is 2.49. The van der Waals surface area contributed by atoms with Crippen LogP contribution >= 0.6 is 0 Å². The lowest BCUT2D eigenvalue weighted by Gasteiger charge is -2.38. The molecule has 2 aromatic carbocycles. The first kappa shape index (κ1) is 16.1. The van der Waals surface area contributed by atoms with Crippen molar-refractivity contribution in [1.29, 1.82) is 0 Å². The highest BCUT2D eigenvalue weighted by Crippen LogP contribution is 2.47. The van der Waals surface area contributed by atoms with Crippen molar-refractivity contribution < 1.29 is 13.9 Å². The fourth-order valence-electron chi connectivity index (χ4n) is 3.79. The second-order valence-corrected chi connectivity index (χ2v) is 7.03. The van der Waals surface area contributed by atoms with Crippen molar-refractivity contribution in [3.63, 3.8) is 0 Å². The minimum Gasteiger partial charge on any atom is -0.379 e. The minimum absolute atomic E-state index is 0.0598. The number of fused-ring (bicyclic) bond motifs is 2. The maximum Gasteiger partial charge on any atom is 0.229 e. The SMILES string of the molecule is O=Cc1ccc2c(c1)N(c1ncc(-c3ccc(F)cc3)cn1)CC21COC1.